The highest BCUT2D eigenvalue weighted by molar-refractivity contribution is 6.38. The zero-order chi connectivity index (χ0) is 13.1. The molecule has 2 nitrogen and oxygen atoms in total. The normalized spacial score (nSPS) is 11.6. The topological polar surface area (TPSA) is 14.2 Å². The van der Waals surface area contributed by atoms with Crippen molar-refractivity contribution >= 4 is 34.1 Å². The van der Waals surface area contributed by atoms with E-state index in [4.69, 9.17) is 27.9 Å². The first-order chi connectivity index (χ1) is 8.58. The van der Waals surface area contributed by atoms with Crippen molar-refractivity contribution in [1.82, 2.24) is 4.57 Å². The van der Waals surface area contributed by atoms with Crippen LogP contribution in [0.5, 0.6) is 0 Å². The molecule has 0 radical (unpaired) electrons. The van der Waals surface area contributed by atoms with E-state index in [1.165, 1.54) is 0 Å². The number of rotatable bonds is 5. The van der Waals surface area contributed by atoms with Crippen LogP contribution in [0.25, 0.3) is 10.9 Å². The van der Waals surface area contributed by atoms with Gasteiger partial charge in [-0.1, -0.05) is 37.0 Å². The van der Waals surface area contributed by atoms with Crippen molar-refractivity contribution in [1.29, 1.82) is 0 Å². The summed E-state index contributed by atoms with van der Waals surface area (Å²) in [6, 6.07) is 5.71. The molecule has 98 valence electrons. The van der Waals surface area contributed by atoms with Gasteiger partial charge in [0.2, 0.25) is 0 Å². The third-order valence-electron chi connectivity index (χ3n) is 2.73. The molecule has 0 aliphatic heterocycles. The van der Waals surface area contributed by atoms with Gasteiger partial charge in [0.05, 0.1) is 17.1 Å². The Morgan fingerprint density at radius 3 is 2.78 bits per heavy atom. The summed E-state index contributed by atoms with van der Waals surface area (Å²) in [5.41, 5.74) is 1.06. The maximum atomic E-state index is 6.15. The molecular formula is C14H17Cl2NO. The van der Waals surface area contributed by atoms with Crippen molar-refractivity contribution in [2.75, 3.05) is 13.2 Å². The Labute approximate surface area is 117 Å². The van der Waals surface area contributed by atoms with Gasteiger partial charge < -0.3 is 9.30 Å². The van der Waals surface area contributed by atoms with Gasteiger partial charge in [0.25, 0.3) is 0 Å². The Morgan fingerprint density at radius 2 is 2.06 bits per heavy atom. The van der Waals surface area contributed by atoms with Gasteiger partial charge in [-0.15, -0.1) is 0 Å². The van der Waals surface area contributed by atoms with Crippen LogP contribution in [0.4, 0.5) is 0 Å². The number of hydrogen-bond donors (Lipinski definition) is 0. The summed E-state index contributed by atoms with van der Waals surface area (Å²) in [5, 5.41) is 2.39. The average Bonchev–Trinajstić information content (AvgIpc) is 2.67. The number of aromatic nitrogens is 1. The summed E-state index contributed by atoms with van der Waals surface area (Å²) in [4.78, 5) is 0. The van der Waals surface area contributed by atoms with E-state index in [0.717, 1.165) is 24.1 Å². The lowest BCUT2D eigenvalue weighted by Gasteiger charge is -2.09. The van der Waals surface area contributed by atoms with Crippen molar-refractivity contribution in [3.8, 4) is 0 Å². The molecule has 2 aromatic rings. The zero-order valence-corrected chi connectivity index (χ0v) is 12.1. The molecule has 4 heteroatoms. The van der Waals surface area contributed by atoms with Crippen molar-refractivity contribution in [2.45, 2.75) is 20.4 Å². The molecule has 0 unspecified atom stereocenters. The lowest BCUT2D eigenvalue weighted by Crippen LogP contribution is -2.08. The Kier molecular flexibility index (Phi) is 4.55. The van der Waals surface area contributed by atoms with E-state index in [1.54, 1.807) is 6.07 Å². The van der Waals surface area contributed by atoms with Crippen LogP contribution in [-0.2, 0) is 11.3 Å². The summed E-state index contributed by atoms with van der Waals surface area (Å²) in [6.45, 7) is 6.59. The van der Waals surface area contributed by atoms with Crippen LogP contribution in [-0.4, -0.2) is 17.8 Å². The van der Waals surface area contributed by atoms with Crippen LogP contribution in [0.3, 0.4) is 0 Å². The molecule has 0 N–H and O–H groups in total. The molecule has 1 heterocycles. The first kappa shape index (κ1) is 13.7. The molecule has 0 saturated carbocycles. The van der Waals surface area contributed by atoms with Crippen molar-refractivity contribution in [3.05, 3.63) is 34.4 Å². The van der Waals surface area contributed by atoms with Crippen LogP contribution in [0.2, 0.25) is 10.0 Å². The van der Waals surface area contributed by atoms with Crippen molar-refractivity contribution in [3.63, 3.8) is 0 Å². The zero-order valence-electron chi connectivity index (χ0n) is 10.6. The number of hydrogen-bond acceptors (Lipinski definition) is 1. The molecule has 1 aromatic carbocycles. The highest BCUT2D eigenvalue weighted by Gasteiger charge is 2.06. The number of benzene rings is 1. The number of fused-ring (bicyclic) bond motifs is 1. The fourth-order valence-corrected chi connectivity index (χ4v) is 2.44. The smallest absolute Gasteiger partial charge is 0.0645 e. The third-order valence-corrected chi connectivity index (χ3v) is 3.26. The second-order valence-electron chi connectivity index (χ2n) is 4.80. The lowest BCUT2D eigenvalue weighted by atomic mass is 10.2. The monoisotopic (exact) mass is 285 g/mol. The van der Waals surface area contributed by atoms with Gasteiger partial charge in [-0.3, -0.25) is 0 Å². The maximum Gasteiger partial charge on any atom is 0.0645 e. The van der Waals surface area contributed by atoms with Gasteiger partial charge in [0.1, 0.15) is 0 Å². The predicted molar refractivity (Wildman–Crippen MR) is 77.6 cm³/mol. The van der Waals surface area contributed by atoms with Crippen LogP contribution in [0, 0.1) is 5.92 Å². The molecular weight excluding hydrogens is 269 g/mol. The number of nitrogens with zero attached hydrogens (tertiary/aromatic N) is 1. The van der Waals surface area contributed by atoms with Crippen molar-refractivity contribution in [2.24, 2.45) is 5.92 Å². The predicted octanol–water partition coefficient (Wildman–Crippen LogP) is 4.62. The Bertz CT molecular complexity index is 534. The summed E-state index contributed by atoms with van der Waals surface area (Å²) >= 11 is 12.2. The summed E-state index contributed by atoms with van der Waals surface area (Å²) in [5.74, 6) is 0.565. The summed E-state index contributed by atoms with van der Waals surface area (Å²) < 4.78 is 7.71. The fraction of sp³-hybridized carbons (Fsp3) is 0.429. The Balaban J connectivity index is 2.09. The molecule has 0 atom stereocenters. The van der Waals surface area contributed by atoms with E-state index < -0.39 is 0 Å². The first-order valence-corrected chi connectivity index (χ1v) is 6.85. The van der Waals surface area contributed by atoms with Gasteiger partial charge in [0, 0.05) is 29.8 Å². The molecule has 0 spiro atoms. The quantitative estimate of drug-likeness (QED) is 0.731. The molecule has 0 saturated heterocycles. The van der Waals surface area contributed by atoms with E-state index in [-0.39, 0.29) is 0 Å². The van der Waals surface area contributed by atoms with Crippen LogP contribution in [0.15, 0.2) is 24.4 Å². The molecule has 18 heavy (non-hydrogen) atoms. The van der Waals surface area contributed by atoms with Gasteiger partial charge in [-0.25, -0.2) is 0 Å². The average molecular weight is 286 g/mol. The van der Waals surface area contributed by atoms with Crippen LogP contribution >= 0.6 is 23.2 Å². The molecule has 1 aromatic heterocycles. The van der Waals surface area contributed by atoms with Gasteiger partial charge >= 0.3 is 0 Å². The minimum atomic E-state index is 0.565. The Morgan fingerprint density at radius 1 is 1.28 bits per heavy atom. The van der Waals surface area contributed by atoms with Gasteiger partial charge in [-0.05, 0) is 24.1 Å². The first-order valence-electron chi connectivity index (χ1n) is 6.09. The van der Waals surface area contributed by atoms with Gasteiger partial charge in [-0.2, -0.15) is 0 Å². The standard InChI is InChI=1S/C14H17Cl2NO/c1-10(2)9-18-6-5-17-4-3-12-13(16)7-11(15)8-14(12)17/h3-4,7-8,10H,5-6,9H2,1-2H3. The highest BCUT2D eigenvalue weighted by atomic mass is 35.5. The van der Waals surface area contributed by atoms with E-state index in [0.29, 0.717) is 22.6 Å². The molecule has 0 amide bonds. The highest BCUT2D eigenvalue weighted by Crippen LogP contribution is 2.28. The van der Waals surface area contributed by atoms with Crippen molar-refractivity contribution < 1.29 is 4.74 Å². The molecule has 0 bridgehead atoms. The SMILES string of the molecule is CC(C)COCCn1ccc2c(Cl)cc(Cl)cc21. The summed E-state index contributed by atoms with van der Waals surface area (Å²) in [7, 11) is 0. The maximum absolute atomic E-state index is 6.15. The number of halogens is 2. The fourth-order valence-electron chi connectivity index (χ4n) is 1.90. The lowest BCUT2D eigenvalue weighted by molar-refractivity contribution is 0.104. The third kappa shape index (κ3) is 3.19. The minimum absolute atomic E-state index is 0.565. The largest absolute Gasteiger partial charge is 0.379 e. The second-order valence-corrected chi connectivity index (χ2v) is 5.64. The number of ether oxygens (including phenoxy) is 1. The molecule has 0 aliphatic rings. The van der Waals surface area contributed by atoms with E-state index in [2.05, 4.69) is 18.4 Å². The van der Waals surface area contributed by atoms with E-state index in [1.807, 2.05) is 18.3 Å². The summed E-state index contributed by atoms with van der Waals surface area (Å²) in [6.07, 6.45) is 2.02. The van der Waals surface area contributed by atoms with E-state index in [9.17, 15) is 0 Å². The van der Waals surface area contributed by atoms with E-state index >= 15 is 0 Å². The molecule has 0 aliphatic carbocycles. The van der Waals surface area contributed by atoms with Crippen LogP contribution in [0.1, 0.15) is 13.8 Å². The van der Waals surface area contributed by atoms with Gasteiger partial charge in [0.15, 0.2) is 0 Å². The Hall–Kier alpha value is -0.700. The second kappa shape index (κ2) is 5.96. The molecule has 0 fully saturated rings. The minimum Gasteiger partial charge on any atom is -0.379 e. The molecule has 2 rings (SSSR count). The van der Waals surface area contributed by atoms with Crippen LogP contribution < -0.4 is 0 Å².